The molecule has 1 N–H and O–H groups in total. The fraction of sp³-hybridized carbons (Fsp3) is 0.316. The van der Waals surface area contributed by atoms with Gasteiger partial charge in [0.2, 0.25) is 5.91 Å². The standard InChI is InChI=1S/C19H21NO3/c1-2-6-16(14-7-4-3-5-8-14)19(21)20-15-9-10-17-18(13-15)23-12-11-22-17/h3-5,7-10,13,16H,2,6,11-12H2,1H3,(H,20,21). The lowest BCUT2D eigenvalue weighted by molar-refractivity contribution is -0.117. The highest BCUT2D eigenvalue weighted by Gasteiger charge is 2.20. The molecule has 2 aromatic rings. The van der Waals surface area contributed by atoms with Gasteiger partial charge < -0.3 is 14.8 Å². The van der Waals surface area contributed by atoms with Crippen LogP contribution in [0.1, 0.15) is 31.2 Å². The van der Waals surface area contributed by atoms with E-state index in [4.69, 9.17) is 9.47 Å². The highest BCUT2D eigenvalue weighted by Crippen LogP contribution is 2.33. The van der Waals surface area contributed by atoms with Crippen molar-refractivity contribution in [3.05, 3.63) is 54.1 Å². The van der Waals surface area contributed by atoms with E-state index in [1.807, 2.05) is 48.5 Å². The van der Waals surface area contributed by atoms with Crippen molar-refractivity contribution in [3.8, 4) is 11.5 Å². The van der Waals surface area contributed by atoms with Gasteiger partial charge in [-0.1, -0.05) is 43.7 Å². The van der Waals surface area contributed by atoms with E-state index in [1.54, 1.807) is 0 Å². The molecule has 1 atom stereocenters. The minimum Gasteiger partial charge on any atom is -0.486 e. The zero-order valence-corrected chi connectivity index (χ0v) is 13.2. The Morgan fingerprint density at radius 3 is 2.57 bits per heavy atom. The summed E-state index contributed by atoms with van der Waals surface area (Å²) < 4.78 is 11.1. The summed E-state index contributed by atoms with van der Waals surface area (Å²) in [5, 5.41) is 3.00. The normalized spacial score (nSPS) is 14.1. The van der Waals surface area contributed by atoms with Crippen molar-refractivity contribution in [1.29, 1.82) is 0 Å². The number of hydrogen-bond acceptors (Lipinski definition) is 3. The second-order valence-electron chi connectivity index (χ2n) is 5.60. The molecule has 23 heavy (non-hydrogen) atoms. The lowest BCUT2D eigenvalue weighted by Gasteiger charge is -2.20. The van der Waals surface area contributed by atoms with E-state index in [9.17, 15) is 4.79 Å². The van der Waals surface area contributed by atoms with E-state index in [0.717, 1.165) is 29.8 Å². The van der Waals surface area contributed by atoms with Crippen LogP contribution in [0.15, 0.2) is 48.5 Å². The van der Waals surface area contributed by atoms with Crippen LogP contribution < -0.4 is 14.8 Å². The number of carbonyl (C=O) groups excluding carboxylic acids is 1. The Balaban J connectivity index is 1.76. The van der Waals surface area contributed by atoms with Crippen LogP contribution in [-0.4, -0.2) is 19.1 Å². The van der Waals surface area contributed by atoms with E-state index >= 15 is 0 Å². The lowest BCUT2D eigenvalue weighted by Crippen LogP contribution is -2.21. The highest BCUT2D eigenvalue weighted by atomic mass is 16.6. The van der Waals surface area contributed by atoms with Gasteiger partial charge in [0.1, 0.15) is 13.2 Å². The van der Waals surface area contributed by atoms with Crippen LogP contribution >= 0.6 is 0 Å². The summed E-state index contributed by atoms with van der Waals surface area (Å²) in [6.07, 6.45) is 1.77. The van der Waals surface area contributed by atoms with Gasteiger partial charge in [-0.3, -0.25) is 4.79 Å². The van der Waals surface area contributed by atoms with Crippen LogP contribution in [0.4, 0.5) is 5.69 Å². The highest BCUT2D eigenvalue weighted by molar-refractivity contribution is 5.96. The summed E-state index contributed by atoms with van der Waals surface area (Å²) in [7, 11) is 0. The van der Waals surface area contributed by atoms with Crippen LogP contribution in [0.3, 0.4) is 0 Å². The monoisotopic (exact) mass is 311 g/mol. The Kier molecular flexibility index (Phi) is 4.81. The molecule has 0 spiro atoms. The number of rotatable bonds is 5. The van der Waals surface area contributed by atoms with E-state index in [0.29, 0.717) is 19.0 Å². The number of hydrogen-bond donors (Lipinski definition) is 1. The number of carbonyl (C=O) groups is 1. The summed E-state index contributed by atoms with van der Waals surface area (Å²) >= 11 is 0. The summed E-state index contributed by atoms with van der Waals surface area (Å²) in [5.41, 5.74) is 1.78. The van der Waals surface area contributed by atoms with Crippen molar-refractivity contribution in [1.82, 2.24) is 0 Å². The number of nitrogens with one attached hydrogen (secondary N) is 1. The molecule has 0 bridgehead atoms. The smallest absolute Gasteiger partial charge is 0.231 e. The van der Waals surface area contributed by atoms with Crippen LogP contribution in [0.25, 0.3) is 0 Å². The third kappa shape index (κ3) is 3.65. The van der Waals surface area contributed by atoms with Crippen molar-refractivity contribution >= 4 is 11.6 Å². The van der Waals surface area contributed by atoms with Gasteiger partial charge in [-0.25, -0.2) is 0 Å². The van der Waals surface area contributed by atoms with Gasteiger partial charge in [-0.05, 0) is 24.1 Å². The molecule has 120 valence electrons. The quantitative estimate of drug-likeness (QED) is 0.908. The molecule has 0 saturated carbocycles. The average Bonchev–Trinajstić information content (AvgIpc) is 2.60. The third-order valence-electron chi connectivity index (χ3n) is 3.91. The molecule has 1 aliphatic heterocycles. The first kappa shape index (κ1) is 15.4. The van der Waals surface area contributed by atoms with Gasteiger partial charge in [0.05, 0.1) is 5.92 Å². The van der Waals surface area contributed by atoms with Crippen molar-refractivity contribution in [2.45, 2.75) is 25.7 Å². The number of amides is 1. The van der Waals surface area contributed by atoms with E-state index in [-0.39, 0.29) is 11.8 Å². The van der Waals surface area contributed by atoms with Crippen molar-refractivity contribution in [3.63, 3.8) is 0 Å². The summed E-state index contributed by atoms with van der Waals surface area (Å²) in [5.74, 6) is 1.27. The van der Waals surface area contributed by atoms with E-state index in [2.05, 4.69) is 12.2 Å². The first-order valence-electron chi connectivity index (χ1n) is 8.03. The second-order valence-corrected chi connectivity index (χ2v) is 5.60. The molecule has 1 amide bonds. The Morgan fingerprint density at radius 2 is 1.83 bits per heavy atom. The predicted molar refractivity (Wildman–Crippen MR) is 90.2 cm³/mol. The molecule has 3 rings (SSSR count). The molecule has 4 nitrogen and oxygen atoms in total. The molecule has 1 unspecified atom stereocenters. The number of fused-ring (bicyclic) bond motifs is 1. The maximum Gasteiger partial charge on any atom is 0.231 e. The summed E-state index contributed by atoms with van der Waals surface area (Å²) in [6.45, 7) is 3.19. The molecule has 0 saturated heterocycles. The molecule has 0 fully saturated rings. The van der Waals surface area contributed by atoms with Gasteiger partial charge in [-0.2, -0.15) is 0 Å². The van der Waals surface area contributed by atoms with Gasteiger partial charge >= 0.3 is 0 Å². The van der Waals surface area contributed by atoms with Crippen LogP contribution in [0, 0.1) is 0 Å². The van der Waals surface area contributed by atoms with Crippen molar-refractivity contribution in [2.75, 3.05) is 18.5 Å². The van der Waals surface area contributed by atoms with Crippen molar-refractivity contribution in [2.24, 2.45) is 0 Å². The molecular formula is C19H21NO3. The fourth-order valence-electron chi connectivity index (χ4n) is 2.77. The van der Waals surface area contributed by atoms with Gasteiger partial charge in [0.15, 0.2) is 11.5 Å². The minimum absolute atomic E-state index is 0.00901. The largest absolute Gasteiger partial charge is 0.486 e. The Morgan fingerprint density at radius 1 is 1.09 bits per heavy atom. The molecular weight excluding hydrogens is 290 g/mol. The molecule has 1 heterocycles. The molecule has 0 aromatic heterocycles. The molecule has 0 aliphatic carbocycles. The first-order chi connectivity index (χ1) is 11.3. The predicted octanol–water partition coefficient (Wildman–Crippen LogP) is 3.98. The second kappa shape index (κ2) is 7.18. The Hall–Kier alpha value is -2.49. The van der Waals surface area contributed by atoms with Crippen LogP contribution in [0.5, 0.6) is 11.5 Å². The maximum absolute atomic E-state index is 12.7. The number of ether oxygens (including phenoxy) is 2. The summed E-state index contributed by atoms with van der Waals surface area (Å²) in [4.78, 5) is 12.7. The average molecular weight is 311 g/mol. The van der Waals surface area contributed by atoms with E-state index < -0.39 is 0 Å². The van der Waals surface area contributed by atoms with Crippen LogP contribution in [0.2, 0.25) is 0 Å². The zero-order chi connectivity index (χ0) is 16.1. The zero-order valence-electron chi connectivity index (χ0n) is 13.2. The van der Waals surface area contributed by atoms with E-state index in [1.165, 1.54) is 0 Å². The topological polar surface area (TPSA) is 47.6 Å². The number of benzene rings is 2. The molecule has 4 heteroatoms. The number of anilines is 1. The molecule has 0 radical (unpaired) electrons. The third-order valence-corrected chi connectivity index (χ3v) is 3.91. The summed E-state index contributed by atoms with van der Waals surface area (Å²) in [6, 6.07) is 15.4. The Labute approximate surface area is 136 Å². The fourth-order valence-corrected chi connectivity index (χ4v) is 2.77. The van der Waals surface area contributed by atoms with Gasteiger partial charge in [0, 0.05) is 11.8 Å². The minimum atomic E-state index is -0.144. The molecule has 2 aromatic carbocycles. The van der Waals surface area contributed by atoms with Crippen molar-refractivity contribution < 1.29 is 14.3 Å². The van der Waals surface area contributed by atoms with Gasteiger partial charge in [0.25, 0.3) is 0 Å². The van der Waals surface area contributed by atoms with Gasteiger partial charge in [-0.15, -0.1) is 0 Å². The first-order valence-corrected chi connectivity index (χ1v) is 8.03. The van der Waals surface area contributed by atoms with Crippen LogP contribution in [-0.2, 0) is 4.79 Å². The SMILES string of the molecule is CCCC(C(=O)Nc1ccc2c(c1)OCCO2)c1ccccc1. The molecule has 1 aliphatic rings. The lowest BCUT2D eigenvalue weighted by atomic mass is 9.93. The Bertz CT molecular complexity index is 670. The maximum atomic E-state index is 12.7.